The van der Waals surface area contributed by atoms with Gasteiger partial charge in [0.1, 0.15) is 11.5 Å². The van der Waals surface area contributed by atoms with Crippen molar-refractivity contribution in [2.24, 2.45) is 10.1 Å². The number of hydrogen-bond acceptors (Lipinski definition) is 5. The maximum absolute atomic E-state index is 12.3. The Labute approximate surface area is 179 Å². The van der Waals surface area contributed by atoms with Crippen molar-refractivity contribution in [1.82, 2.24) is 20.9 Å². The van der Waals surface area contributed by atoms with Crippen LogP contribution in [0.4, 0.5) is 0 Å². The lowest BCUT2D eigenvalue weighted by Crippen LogP contribution is -2.48. The van der Waals surface area contributed by atoms with Gasteiger partial charge in [0.25, 0.3) is 0 Å². The fourth-order valence-electron chi connectivity index (χ4n) is 2.63. The van der Waals surface area contributed by atoms with E-state index >= 15 is 0 Å². The van der Waals surface area contributed by atoms with Gasteiger partial charge < -0.3 is 0 Å². The molecule has 2 N–H and O–H groups in total. The first-order valence-electron chi connectivity index (χ1n) is 9.04. The molecule has 0 bridgehead atoms. The molecule has 2 amide bonds. The van der Waals surface area contributed by atoms with E-state index in [-0.39, 0.29) is 11.7 Å². The van der Waals surface area contributed by atoms with Crippen LogP contribution in [0, 0.1) is 18.0 Å². The minimum Gasteiger partial charge on any atom is -0.273 e. The molecule has 10 nitrogen and oxygen atoms in total. The van der Waals surface area contributed by atoms with Gasteiger partial charge in [-0.05, 0) is 0 Å². The summed E-state index contributed by atoms with van der Waals surface area (Å²) in [6, 6.07) is 17.7. The average Bonchev–Trinajstić information content (AvgIpc) is 2.76. The summed E-state index contributed by atoms with van der Waals surface area (Å²) in [5, 5.41) is 15.2. The number of amides is 2. The monoisotopic (exact) mass is 416 g/mol. The minimum absolute atomic E-state index is 0.226. The third-order valence-electron chi connectivity index (χ3n) is 3.91. The molecule has 2 aromatic rings. The lowest BCUT2D eigenvalue weighted by atomic mass is 10.2. The minimum atomic E-state index is -0.613. The van der Waals surface area contributed by atoms with Gasteiger partial charge in [0.15, 0.2) is 5.84 Å². The highest BCUT2D eigenvalue weighted by atomic mass is 16.2. The number of rotatable bonds is 4. The third kappa shape index (κ3) is 6.69. The second-order valence-electron chi connectivity index (χ2n) is 6.16. The molecule has 31 heavy (non-hydrogen) atoms. The van der Waals surface area contributed by atoms with Crippen molar-refractivity contribution in [3.63, 3.8) is 0 Å². The Morgan fingerprint density at radius 3 is 1.84 bits per heavy atom. The van der Waals surface area contributed by atoms with E-state index in [1.54, 1.807) is 54.7 Å². The first-order valence-corrected chi connectivity index (χ1v) is 9.04. The number of carbonyl (C=O) groups excluding carboxylic acids is 2. The molecule has 156 valence electrons. The van der Waals surface area contributed by atoms with Gasteiger partial charge in [-0.1, -0.05) is 60.7 Å². The Kier molecular flexibility index (Phi) is 8.26. The molecule has 0 unspecified atom stereocenters. The summed E-state index contributed by atoms with van der Waals surface area (Å²) in [7, 11) is 3.03. The van der Waals surface area contributed by atoms with Crippen LogP contribution in [-0.2, 0) is 9.59 Å². The molecule has 0 saturated heterocycles. The molecule has 0 aliphatic carbocycles. The van der Waals surface area contributed by atoms with E-state index in [0.717, 1.165) is 0 Å². The molecule has 2 aromatic carbocycles. The van der Waals surface area contributed by atoms with E-state index in [2.05, 4.69) is 25.9 Å². The fourth-order valence-corrected chi connectivity index (χ4v) is 2.63. The third-order valence-corrected chi connectivity index (χ3v) is 3.91. The molecule has 0 atom stereocenters. The maximum Gasteiger partial charge on any atom is 0.248 e. The number of nitrogens with one attached hydrogen (secondary N) is 2. The highest BCUT2D eigenvalue weighted by Crippen LogP contribution is 2.05. The lowest BCUT2D eigenvalue weighted by molar-refractivity contribution is -0.132. The van der Waals surface area contributed by atoms with Crippen LogP contribution in [0.5, 0.6) is 0 Å². The summed E-state index contributed by atoms with van der Waals surface area (Å²) in [6.07, 6.45) is 1.20. The van der Waals surface area contributed by atoms with Crippen molar-refractivity contribution >= 4 is 23.5 Å². The Bertz CT molecular complexity index is 967. The van der Waals surface area contributed by atoms with Crippen LogP contribution >= 0.6 is 0 Å². The molecule has 0 fully saturated rings. The summed E-state index contributed by atoms with van der Waals surface area (Å²) < 4.78 is 0. The Balaban J connectivity index is 1.99. The molecule has 0 aliphatic heterocycles. The summed E-state index contributed by atoms with van der Waals surface area (Å²) >= 11 is 0. The summed E-state index contributed by atoms with van der Waals surface area (Å²) in [6.45, 7) is 6.99. The largest absolute Gasteiger partial charge is 0.273 e. The summed E-state index contributed by atoms with van der Waals surface area (Å²) in [5.41, 5.74) is 6.27. The number of nitrogens with zero attached hydrogens (tertiary/aromatic N) is 6. The number of hydrogen-bond donors (Lipinski definition) is 2. The molecular weight excluding hydrogens is 396 g/mol. The first kappa shape index (κ1) is 22.6. The van der Waals surface area contributed by atoms with E-state index in [0.29, 0.717) is 11.1 Å². The zero-order chi connectivity index (χ0) is 22.6. The van der Waals surface area contributed by atoms with Gasteiger partial charge in [-0.15, -0.1) is 4.95 Å². The van der Waals surface area contributed by atoms with Crippen molar-refractivity contribution < 1.29 is 9.59 Å². The van der Waals surface area contributed by atoms with Crippen molar-refractivity contribution in [1.29, 1.82) is 5.26 Å². The second kappa shape index (κ2) is 11.3. The molecule has 2 rings (SSSR count). The van der Waals surface area contributed by atoms with Crippen LogP contribution in [0.3, 0.4) is 0 Å². The molecule has 10 heteroatoms. The molecule has 0 radical (unpaired) electrons. The van der Waals surface area contributed by atoms with E-state index in [1.165, 1.54) is 24.1 Å². The van der Waals surface area contributed by atoms with E-state index in [4.69, 9.17) is 11.8 Å². The quantitative estimate of drug-likeness (QED) is 0.196. The van der Waals surface area contributed by atoms with Crippen molar-refractivity contribution in [3.05, 3.63) is 83.3 Å². The van der Waals surface area contributed by atoms with Crippen LogP contribution in [-0.4, -0.2) is 47.6 Å². The second-order valence-corrected chi connectivity index (χ2v) is 6.16. The number of benzene rings is 2. The smallest absolute Gasteiger partial charge is 0.248 e. The van der Waals surface area contributed by atoms with Gasteiger partial charge in [0.2, 0.25) is 23.8 Å². The number of amidine groups is 2. The predicted octanol–water partition coefficient (Wildman–Crippen LogP) is 1.51. The van der Waals surface area contributed by atoms with Crippen molar-refractivity contribution in [3.8, 4) is 6.19 Å². The normalized spacial score (nSPS) is 11.0. The molecular formula is C21H20N8O2. The van der Waals surface area contributed by atoms with E-state index in [9.17, 15) is 9.59 Å². The first-order chi connectivity index (χ1) is 15.0. The van der Waals surface area contributed by atoms with Crippen LogP contribution in [0.1, 0.15) is 17.5 Å². The number of nitriles is 1. The van der Waals surface area contributed by atoms with Crippen LogP contribution in [0.25, 0.3) is 4.95 Å². The fraction of sp³-hybridized carbons (Fsp3) is 0.143. The molecule has 0 aromatic heterocycles. The van der Waals surface area contributed by atoms with Crippen LogP contribution in [0.15, 0.2) is 70.8 Å². The summed E-state index contributed by atoms with van der Waals surface area (Å²) in [5.74, 6) is -0.766. The zero-order valence-electron chi connectivity index (χ0n) is 17.0. The highest BCUT2D eigenvalue weighted by molar-refractivity contribution is 6.03. The Hall–Kier alpha value is -4.70. The number of hydrazine groups is 2. The average molecular weight is 416 g/mol. The lowest BCUT2D eigenvalue weighted by Gasteiger charge is -2.22. The molecule has 0 aliphatic rings. The topological polar surface area (TPSA) is 118 Å². The zero-order valence-corrected chi connectivity index (χ0v) is 17.0. The standard InChI is InChI=1S/C21H20N8O2/c1-23-25-21(17-12-8-5-9-13-17)29(3)27-19(31)14-18(30)26-28(2)20(24-15-22)16-10-6-4-7-11-16/h4-13H,14H2,2-3H3,(H,26,30)(H,27,31)/b24-20?,25-21+. The maximum atomic E-state index is 12.3. The summed E-state index contributed by atoms with van der Waals surface area (Å²) in [4.78, 5) is 31.4. The molecule has 0 spiro atoms. The van der Waals surface area contributed by atoms with Crippen LogP contribution < -0.4 is 10.9 Å². The number of aliphatic imine (C=N–C) groups is 1. The van der Waals surface area contributed by atoms with E-state index in [1.807, 2.05) is 12.1 Å². The van der Waals surface area contributed by atoms with Gasteiger partial charge in [0, 0.05) is 25.2 Å². The number of carbonyl (C=O) groups is 2. The van der Waals surface area contributed by atoms with Gasteiger partial charge >= 0.3 is 0 Å². The van der Waals surface area contributed by atoms with E-state index < -0.39 is 18.2 Å². The molecule has 0 heterocycles. The highest BCUT2D eigenvalue weighted by Gasteiger charge is 2.19. The van der Waals surface area contributed by atoms with Crippen molar-refractivity contribution in [2.75, 3.05) is 14.1 Å². The van der Waals surface area contributed by atoms with Gasteiger partial charge in [-0.2, -0.15) is 16.8 Å². The van der Waals surface area contributed by atoms with Gasteiger partial charge in [-0.25, -0.2) is 0 Å². The van der Waals surface area contributed by atoms with Crippen LogP contribution in [0.2, 0.25) is 0 Å². The molecule has 0 saturated carbocycles. The predicted molar refractivity (Wildman–Crippen MR) is 115 cm³/mol. The Morgan fingerprint density at radius 2 is 1.39 bits per heavy atom. The van der Waals surface area contributed by atoms with Gasteiger partial charge in [-0.3, -0.25) is 30.5 Å². The van der Waals surface area contributed by atoms with Crippen molar-refractivity contribution in [2.45, 2.75) is 6.42 Å². The van der Waals surface area contributed by atoms with Gasteiger partial charge in [0.05, 0.1) is 0 Å². The Morgan fingerprint density at radius 1 is 0.935 bits per heavy atom. The SMILES string of the molecule is [C-]#[N+]/N=C(\c1ccccc1)N(C)NC(=O)CC(=O)NN(C)C(=NC#N)c1ccccc1.